The van der Waals surface area contributed by atoms with Crippen molar-refractivity contribution < 1.29 is 23.8 Å². The second-order valence-corrected chi connectivity index (χ2v) is 7.29. The van der Waals surface area contributed by atoms with E-state index >= 15 is 0 Å². The molecule has 1 heterocycles. The van der Waals surface area contributed by atoms with Crippen LogP contribution in [0.25, 0.3) is 11.0 Å². The van der Waals surface area contributed by atoms with Gasteiger partial charge in [0.25, 0.3) is 0 Å². The Morgan fingerprint density at radius 2 is 1.96 bits per heavy atom. The molecule has 0 saturated heterocycles. The molecule has 1 aromatic carbocycles. The molecule has 0 bridgehead atoms. The normalized spacial score (nSPS) is 12.5. The molecule has 0 saturated carbocycles. The number of ether oxygens (including phenoxy) is 3. The number of hydrogen-bond donors (Lipinski definition) is 1. The Hall–Kier alpha value is -2.77. The van der Waals surface area contributed by atoms with Gasteiger partial charge in [-0.1, -0.05) is 0 Å². The largest absolute Gasteiger partial charge is 0.479 e. The second kappa shape index (κ2) is 8.95. The zero-order chi connectivity index (χ0) is 20.9. The van der Waals surface area contributed by atoms with Crippen molar-refractivity contribution in [1.29, 1.82) is 0 Å². The molecule has 0 aliphatic carbocycles. The van der Waals surface area contributed by atoms with Crippen LogP contribution >= 0.6 is 0 Å². The molecule has 0 unspecified atom stereocenters. The first-order valence-corrected chi connectivity index (χ1v) is 9.44. The van der Waals surface area contributed by atoms with Crippen molar-refractivity contribution in [3.63, 3.8) is 0 Å². The van der Waals surface area contributed by atoms with E-state index in [1.165, 1.54) is 0 Å². The lowest BCUT2D eigenvalue weighted by Gasteiger charge is -2.19. The number of fused-ring (bicyclic) bond motifs is 1. The van der Waals surface area contributed by atoms with Gasteiger partial charge in [-0.3, -0.25) is 0 Å². The third-order valence-corrected chi connectivity index (χ3v) is 3.84. The van der Waals surface area contributed by atoms with Gasteiger partial charge in [-0.2, -0.15) is 0 Å². The number of imidazole rings is 1. The van der Waals surface area contributed by atoms with Crippen molar-refractivity contribution in [2.24, 2.45) is 0 Å². The summed E-state index contributed by atoms with van der Waals surface area (Å²) >= 11 is 0. The van der Waals surface area contributed by atoms with E-state index in [2.05, 4.69) is 10.3 Å². The molecule has 2 rings (SSSR count). The second-order valence-electron chi connectivity index (χ2n) is 7.29. The molecule has 154 valence electrons. The van der Waals surface area contributed by atoms with Crippen molar-refractivity contribution in [3.05, 3.63) is 24.0 Å². The molecule has 0 spiro atoms. The van der Waals surface area contributed by atoms with Crippen LogP contribution in [-0.2, 0) is 27.4 Å². The van der Waals surface area contributed by atoms with Crippen LogP contribution in [0.3, 0.4) is 0 Å². The van der Waals surface area contributed by atoms with Crippen LogP contribution < -0.4 is 10.1 Å². The van der Waals surface area contributed by atoms with E-state index in [1.54, 1.807) is 19.9 Å². The van der Waals surface area contributed by atoms with Crippen molar-refractivity contribution >= 4 is 23.1 Å². The zero-order valence-electron chi connectivity index (χ0n) is 17.4. The Labute approximate surface area is 165 Å². The first-order chi connectivity index (χ1) is 13.1. The van der Waals surface area contributed by atoms with Crippen molar-refractivity contribution in [2.45, 2.75) is 66.3 Å². The van der Waals surface area contributed by atoms with Crippen LogP contribution in [0.1, 0.15) is 47.4 Å². The molecule has 8 heteroatoms. The molecule has 0 aliphatic heterocycles. The monoisotopic (exact) mass is 391 g/mol. The third kappa shape index (κ3) is 5.61. The number of carbonyl (C=O) groups is 2. The maximum atomic E-state index is 11.9. The fraction of sp³-hybridized carbons (Fsp3) is 0.550. The number of alkyl carbamates (subject to hydrolysis) is 1. The summed E-state index contributed by atoms with van der Waals surface area (Å²) in [6.07, 6.45) is -1.20. The van der Waals surface area contributed by atoms with Crippen LogP contribution in [0.2, 0.25) is 0 Å². The standard InChI is InChI=1S/C20H29N3O5/c1-7-23-16-11-14(27-13(3)18(24)26-8-2)9-10-15(16)22-17(23)12-21-19(25)28-20(4,5)6/h9-11,13H,7-8,12H2,1-6H3,(H,21,25)/t13-/m1/s1. The number of aromatic nitrogens is 2. The van der Waals surface area contributed by atoms with Gasteiger partial charge in [0, 0.05) is 12.6 Å². The Morgan fingerprint density at radius 1 is 1.25 bits per heavy atom. The minimum atomic E-state index is -0.705. The topological polar surface area (TPSA) is 91.7 Å². The summed E-state index contributed by atoms with van der Waals surface area (Å²) in [4.78, 5) is 28.3. The summed E-state index contributed by atoms with van der Waals surface area (Å²) in [7, 11) is 0. The van der Waals surface area contributed by atoms with Gasteiger partial charge >= 0.3 is 12.1 Å². The number of rotatable bonds is 7. The average Bonchev–Trinajstić information content (AvgIpc) is 2.95. The summed E-state index contributed by atoms with van der Waals surface area (Å²) in [5, 5.41) is 2.73. The van der Waals surface area contributed by atoms with E-state index < -0.39 is 23.8 Å². The predicted molar refractivity (Wildman–Crippen MR) is 105 cm³/mol. The maximum Gasteiger partial charge on any atom is 0.408 e. The molecule has 28 heavy (non-hydrogen) atoms. The number of amides is 1. The van der Waals surface area contributed by atoms with Crippen LogP contribution in [0.5, 0.6) is 5.75 Å². The van der Waals surface area contributed by atoms with Crippen LogP contribution in [0.4, 0.5) is 4.79 Å². The van der Waals surface area contributed by atoms with Gasteiger partial charge in [-0.25, -0.2) is 14.6 Å². The summed E-state index contributed by atoms with van der Waals surface area (Å²) in [6, 6.07) is 5.42. The van der Waals surface area contributed by atoms with Crippen molar-refractivity contribution in [3.8, 4) is 5.75 Å². The number of carbonyl (C=O) groups excluding carboxylic acids is 2. The van der Waals surface area contributed by atoms with Crippen molar-refractivity contribution in [2.75, 3.05) is 6.61 Å². The van der Waals surface area contributed by atoms with E-state index in [9.17, 15) is 9.59 Å². The van der Waals surface area contributed by atoms with Gasteiger partial charge in [-0.15, -0.1) is 0 Å². The zero-order valence-corrected chi connectivity index (χ0v) is 17.4. The number of esters is 1. The molecular formula is C20H29N3O5. The maximum absolute atomic E-state index is 11.9. The first-order valence-electron chi connectivity index (χ1n) is 9.44. The molecular weight excluding hydrogens is 362 g/mol. The summed E-state index contributed by atoms with van der Waals surface area (Å²) in [5.41, 5.74) is 1.08. The minimum Gasteiger partial charge on any atom is -0.479 e. The number of hydrogen-bond acceptors (Lipinski definition) is 6. The Morgan fingerprint density at radius 3 is 2.57 bits per heavy atom. The highest BCUT2D eigenvalue weighted by molar-refractivity contribution is 5.79. The van der Waals surface area contributed by atoms with Crippen molar-refractivity contribution in [1.82, 2.24) is 14.9 Å². The first kappa shape index (κ1) is 21.5. The molecule has 2 aromatic rings. The highest BCUT2D eigenvalue weighted by Crippen LogP contribution is 2.23. The van der Waals surface area contributed by atoms with E-state index in [-0.39, 0.29) is 6.54 Å². The van der Waals surface area contributed by atoms with Gasteiger partial charge in [-0.05, 0) is 53.7 Å². The van der Waals surface area contributed by atoms with Crippen LogP contribution in [-0.4, -0.2) is 39.9 Å². The predicted octanol–water partition coefficient (Wildman–Crippen LogP) is 3.41. The number of benzene rings is 1. The molecule has 0 radical (unpaired) electrons. The number of aryl methyl sites for hydroxylation is 1. The molecule has 1 atom stereocenters. The highest BCUT2D eigenvalue weighted by Gasteiger charge is 2.19. The van der Waals surface area contributed by atoms with Gasteiger partial charge in [0.15, 0.2) is 6.10 Å². The van der Waals surface area contributed by atoms with Crippen LogP contribution in [0.15, 0.2) is 18.2 Å². The van der Waals surface area contributed by atoms with Gasteiger partial charge in [0.05, 0.1) is 24.2 Å². The molecule has 1 amide bonds. The summed E-state index contributed by atoms with van der Waals surface area (Å²) < 4.78 is 17.9. The molecule has 0 aliphatic rings. The summed E-state index contributed by atoms with van der Waals surface area (Å²) in [5.74, 6) is 0.849. The lowest BCUT2D eigenvalue weighted by Crippen LogP contribution is -2.32. The van der Waals surface area contributed by atoms with E-state index in [0.717, 1.165) is 11.0 Å². The molecule has 1 aromatic heterocycles. The SMILES string of the molecule is CCOC(=O)[C@@H](C)Oc1ccc2nc(CNC(=O)OC(C)(C)C)n(CC)c2c1. The minimum absolute atomic E-state index is 0.243. The number of nitrogens with zero attached hydrogens (tertiary/aromatic N) is 2. The van der Waals surface area contributed by atoms with E-state index in [4.69, 9.17) is 14.2 Å². The van der Waals surface area contributed by atoms with Crippen LogP contribution in [0, 0.1) is 0 Å². The highest BCUT2D eigenvalue weighted by atomic mass is 16.6. The average molecular weight is 391 g/mol. The van der Waals surface area contributed by atoms with E-state index in [1.807, 2.05) is 44.4 Å². The molecule has 0 fully saturated rings. The Balaban J connectivity index is 2.17. The quantitative estimate of drug-likeness (QED) is 0.727. The summed E-state index contributed by atoms with van der Waals surface area (Å²) in [6.45, 7) is 12.0. The van der Waals surface area contributed by atoms with Gasteiger partial charge < -0.3 is 24.1 Å². The number of nitrogens with one attached hydrogen (secondary N) is 1. The lowest BCUT2D eigenvalue weighted by molar-refractivity contribution is -0.150. The Bertz CT molecular complexity index is 838. The molecule has 8 nitrogen and oxygen atoms in total. The Kier molecular flexibility index (Phi) is 6.88. The smallest absolute Gasteiger partial charge is 0.408 e. The van der Waals surface area contributed by atoms with E-state index in [0.29, 0.717) is 24.7 Å². The van der Waals surface area contributed by atoms with Gasteiger partial charge in [0.2, 0.25) is 0 Å². The fourth-order valence-corrected chi connectivity index (χ4v) is 2.69. The van der Waals surface area contributed by atoms with Gasteiger partial charge in [0.1, 0.15) is 17.2 Å². The fourth-order valence-electron chi connectivity index (χ4n) is 2.69. The lowest BCUT2D eigenvalue weighted by atomic mass is 10.2. The third-order valence-electron chi connectivity index (χ3n) is 3.84. The molecule has 1 N–H and O–H groups in total.